The van der Waals surface area contributed by atoms with E-state index in [-0.39, 0.29) is 0 Å². The summed E-state index contributed by atoms with van der Waals surface area (Å²) in [7, 11) is 0. The van der Waals surface area contributed by atoms with Crippen molar-refractivity contribution in [2.45, 2.75) is 29.6 Å². The summed E-state index contributed by atoms with van der Waals surface area (Å²) in [5.41, 5.74) is 0. The highest BCUT2D eigenvalue weighted by Crippen LogP contribution is 2.29. The lowest BCUT2D eigenvalue weighted by atomic mass is 10.4. The van der Waals surface area contributed by atoms with Crippen LogP contribution in [0.1, 0.15) is 17.8 Å². The predicted octanol–water partition coefficient (Wildman–Crippen LogP) is 3.00. The molecule has 4 nitrogen and oxygen atoms in total. The van der Waals surface area contributed by atoms with Crippen LogP contribution in [0.2, 0.25) is 5.15 Å². The Morgan fingerprint density at radius 2 is 2.19 bits per heavy atom. The van der Waals surface area contributed by atoms with Crippen molar-refractivity contribution in [1.29, 1.82) is 0 Å². The molecule has 0 N–H and O–H groups in total. The molecule has 16 heavy (non-hydrogen) atoms. The van der Waals surface area contributed by atoms with Crippen LogP contribution in [0.3, 0.4) is 0 Å². The molecule has 0 aliphatic carbocycles. The van der Waals surface area contributed by atoms with Gasteiger partial charge in [-0.25, -0.2) is 9.97 Å². The normalized spacial score (nSPS) is 10.7. The monoisotopic (exact) mass is 272 g/mol. The van der Waals surface area contributed by atoms with Crippen molar-refractivity contribution in [3.8, 4) is 0 Å². The molecular formula is C9H9ClN4S2. The molecule has 84 valence electrons. The second-order valence-electron chi connectivity index (χ2n) is 2.99. The summed E-state index contributed by atoms with van der Waals surface area (Å²) in [5, 5.41) is 10.2. The molecular weight excluding hydrogens is 264 g/mol. The maximum absolute atomic E-state index is 5.90. The van der Waals surface area contributed by atoms with Crippen LogP contribution in [0.15, 0.2) is 15.4 Å². The summed E-state index contributed by atoms with van der Waals surface area (Å²) in [4.78, 5) is 8.47. The second-order valence-corrected chi connectivity index (χ2v) is 5.82. The van der Waals surface area contributed by atoms with E-state index in [0.29, 0.717) is 5.15 Å². The maximum Gasteiger partial charge on any atom is 0.180 e. The number of hydrogen-bond acceptors (Lipinski definition) is 6. The van der Waals surface area contributed by atoms with Gasteiger partial charge in [-0.2, -0.15) is 0 Å². The molecule has 0 bridgehead atoms. The third-order valence-electron chi connectivity index (χ3n) is 1.73. The molecule has 0 aliphatic heterocycles. The minimum absolute atomic E-state index is 0.468. The zero-order valence-electron chi connectivity index (χ0n) is 8.77. The molecule has 0 spiro atoms. The van der Waals surface area contributed by atoms with Crippen molar-refractivity contribution in [1.82, 2.24) is 20.2 Å². The molecule has 2 aromatic heterocycles. The van der Waals surface area contributed by atoms with Gasteiger partial charge in [-0.05, 0) is 18.7 Å². The summed E-state index contributed by atoms with van der Waals surface area (Å²) in [6.45, 7) is 3.92. The molecule has 0 amide bonds. The Hall–Kier alpha value is -0.720. The lowest BCUT2D eigenvalue weighted by Crippen LogP contribution is -1.94. The summed E-state index contributed by atoms with van der Waals surface area (Å²) >= 11 is 8.90. The van der Waals surface area contributed by atoms with Gasteiger partial charge in [0.1, 0.15) is 21.0 Å². The number of hydrogen-bond donors (Lipinski definition) is 0. The Morgan fingerprint density at radius 1 is 1.38 bits per heavy atom. The first kappa shape index (κ1) is 11.8. The first-order valence-electron chi connectivity index (χ1n) is 4.69. The summed E-state index contributed by atoms with van der Waals surface area (Å²) in [6.07, 6.45) is 0.767. The van der Waals surface area contributed by atoms with Gasteiger partial charge in [0.25, 0.3) is 0 Å². The standard InChI is InChI=1S/C9H9ClN4S2/c1-3-7-11-6(10)4-8(12-7)16-9-14-13-5(2)15-9/h4H,3H2,1-2H3. The van der Waals surface area contributed by atoms with E-state index in [9.17, 15) is 0 Å². The van der Waals surface area contributed by atoms with E-state index >= 15 is 0 Å². The second kappa shape index (κ2) is 5.07. The summed E-state index contributed by atoms with van der Waals surface area (Å²) in [5.74, 6) is 0.747. The van der Waals surface area contributed by atoms with Crippen LogP contribution in [-0.4, -0.2) is 20.2 Å². The minimum atomic E-state index is 0.468. The lowest BCUT2D eigenvalue weighted by molar-refractivity contribution is 0.887. The SMILES string of the molecule is CCc1nc(Cl)cc(Sc2nnc(C)s2)n1. The van der Waals surface area contributed by atoms with Crippen molar-refractivity contribution in [2.75, 3.05) is 0 Å². The van der Waals surface area contributed by atoms with Gasteiger partial charge in [0.15, 0.2) is 4.34 Å². The van der Waals surface area contributed by atoms with Crippen LogP contribution < -0.4 is 0 Å². The van der Waals surface area contributed by atoms with Crippen molar-refractivity contribution in [3.63, 3.8) is 0 Å². The van der Waals surface area contributed by atoms with Crippen LogP contribution in [0.25, 0.3) is 0 Å². The van der Waals surface area contributed by atoms with Gasteiger partial charge in [-0.1, -0.05) is 29.9 Å². The molecule has 2 rings (SSSR count). The van der Waals surface area contributed by atoms with Gasteiger partial charge in [-0.3, -0.25) is 0 Å². The van der Waals surface area contributed by atoms with Gasteiger partial charge in [0.05, 0.1) is 0 Å². The van der Waals surface area contributed by atoms with Gasteiger partial charge in [0, 0.05) is 12.5 Å². The van der Waals surface area contributed by atoms with Gasteiger partial charge in [-0.15, -0.1) is 10.2 Å². The van der Waals surface area contributed by atoms with Crippen LogP contribution in [0, 0.1) is 6.92 Å². The van der Waals surface area contributed by atoms with Crippen molar-refractivity contribution in [3.05, 3.63) is 22.1 Å². The Morgan fingerprint density at radius 3 is 2.81 bits per heavy atom. The zero-order valence-corrected chi connectivity index (χ0v) is 11.2. The van der Waals surface area contributed by atoms with E-state index in [1.165, 1.54) is 23.1 Å². The highest BCUT2D eigenvalue weighted by molar-refractivity contribution is 8.01. The molecule has 0 atom stereocenters. The number of aryl methyl sites for hydroxylation is 2. The van der Waals surface area contributed by atoms with Gasteiger partial charge < -0.3 is 0 Å². The summed E-state index contributed by atoms with van der Waals surface area (Å²) in [6, 6.07) is 1.74. The van der Waals surface area contributed by atoms with E-state index in [0.717, 1.165) is 26.6 Å². The molecule has 2 heterocycles. The maximum atomic E-state index is 5.90. The molecule has 0 fully saturated rings. The summed E-state index contributed by atoms with van der Waals surface area (Å²) < 4.78 is 0.870. The van der Waals surface area contributed by atoms with Crippen LogP contribution in [-0.2, 0) is 6.42 Å². The van der Waals surface area contributed by atoms with Gasteiger partial charge >= 0.3 is 0 Å². The number of nitrogens with zero attached hydrogens (tertiary/aromatic N) is 4. The Kier molecular flexibility index (Phi) is 3.73. The molecule has 0 aliphatic rings. The molecule has 0 radical (unpaired) electrons. The third-order valence-corrected chi connectivity index (χ3v) is 3.73. The van der Waals surface area contributed by atoms with E-state index in [2.05, 4.69) is 20.2 Å². The average Bonchev–Trinajstić information content (AvgIpc) is 2.63. The molecule has 7 heteroatoms. The van der Waals surface area contributed by atoms with Crippen LogP contribution >= 0.6 is 34.7 Å². The van der Waals surface area contributed by atoms with Gasteiger partial charge in [0.2, 0.25) is 0 Å². The van der Waals surface area contributed by atoms with Crippen molar-refractivity contribution < 1.29 is 0 Å². The fraction of sp³-hybridized carbons (Fsp3) is 0.333. The van der Waals surface area contributed by atoms with Crippen LogP contribution in [0.5, 0.6) is 0 Å². The van der Waals surface area contributed by atoms with E-state index in [4.69, 9.17) is 11.6 Å². The van der Waals surface area contributed by atoms with E-state index in [1.54, 1.807) is 6.07 Å². The molecule has 2 aromatic rings. The van der Waals surface area contributed by atoms with E-state index in [1.807, 2.05) is 13.8 Å². The lowest BCUT2D eigenvalue weighted by Gasteiger charge is -2.00. The largest absolute Gasteiger partial charge is 0.226 e. The topological polar surface area (TPSA) is 51.6 Å². The Bertz CT molecular complexity index is 500. The quantitative estimate of drug-likeness (QED) is 0.804. The minimum Gasteiger partial charge on any atom is -0.226 e. The van der Waals surface area contributed by atoms with Crippen molar-refractivity contribution >= 4 is 34.7 Å². The molecule has 0 saturated carbocycles. The average molecular weight is 273 g/mol. The number of aromatic nitrogens is 4. The molecule has 0 saturated heterocycles. The highest BCUT2D eigenvalue weighted by atomic mass is 35.5. The fourth-order valence-electron chi connectivity index (χ4n) is 1.06. The fourth-order valence-corrected chi connectivity index (χ4v) is 3.11. The Balaban J connectivity index is 2.24. The molecule has 0 aromatic carbocycles. The van der Waals surface area contributed by atoms with Crippen LogP contribution in [0.4, 0.5) is 0 Å². The first-order valence-corrected chi connectivity index (χ1v) is 6.70. The smallest absolute Gasteiger partial charge is 0.180 e. The molecule has 0 unspecified atom stereocenters. The van der Waals surface area contributed by atoms with E-state index < -0.39 is 0 Å². The Labute approximate surface area is 106 Å². The third kappa shape index (κ3) is 2.90. The zero-order chi connectivity index (χ0) is 11.5. The number of halogens is 1. The van der Waals surface area contributed by atoms with Crippen molar-refractivity contribution in [2.24, 2.45) is 0 Å². The highest BCUT2D eigenvalue weighted by Gasteiger charge is 2.07. The number of rotatable bonds is 3. The predicted molar refractivity (Wildman–Crippen MR) is 65.2 cm³/mol. The first-order chi connectivity index (χ1) is 7.67.